The fraction of sp³-hybridized carbons (Fsp3) is 0.294. The first-order valence-corrected chi connectivity index (χ1v) is 7.61. The van der Waals surface area contributed by atoms with Crippen molar-refractivity contribution in [2.45, 2.75) is 19.1 Å². The first-order valence-electron chi connectivity index (χ1n) is 7.61. The number of rotatable bonds is 2. The first kappa shape index (κ1) is 12.2. The number of fused-ring (bicyclic) bond motifs is 2. The van der Waals surface area contributed by atoms with Crippen LogP contribution in [0.1, 0.15) is 5.69 Å². The highest BCUT2D eigenvalue weighted by Crippen LogP contribution is 2.34. The Morgan fingerprint density at radius 2 is 2.00 bits per heavy atom. The number of benzene rings is 1. The van der Waals surface area contributed by atoms with Gasteiger partial charge in [-0.05, 0) is 19.1 Å². The zero-order valence-electron chi connectivity index (χ0n) is 12.3. The van der Waals surface area contributed by atoms with Crippen LogP contribution in [-0.4, -0.2) is 39.9 Å². The van der Waals surface area contributed by atoms with E-state index in [9.17, 15) is 0 Å². The Morgan fingerprint density at radius 1 is 1.14 bits per heavy atom. The van der Waals surface area contributed by atoms with Crippen molar-refractivity contribution in [3.05, 3.63) is 48.2 Å². The number of morpholine rings is 1. The van der Waals surface area contributed by atoms with Gasteiger partial charge in [0.25, 0.3) is 0 Å². The molecule has 0 N–H and O–H groups in total. The molecule has 4 heterocycles. The lowest BCUT2D eigenvalue weighted by atomic mass is 9.95. The molecule has 5 rings (SSSR count). The molecular formula is C17H16N4O. The number of ether oxygens (including phenoxy) is 1. The molecule has 0 saturated carbocycles. The highest BCUT2D eigenvalue weighted by molar-refractivity contribution is 5.66. The zero-order valence-corrected chi connectivity index (χ0v) is 12.3. The molecule has 2 fully saturated rings. The van der Waals surface area contributed by atoms with Crippen molar-refractivity contribution in [3.63, 3.8) is 0 Å². The maximum absolute atomic E-state index is 5.47. The summed E-state index contributed by atoms with van der Waals surface area (Å²) in [6.07, 6.45) is 0.418. The van der Waals surface area contributed by atoms with Gasteiger partial charge in [0, 0.05) is 12.1 Å². The Morgan fingerprint density at radius 3 is 2.68 bits per heavy atom. The molecule has 2 aliphatic heterocycles. The second kappa shape index (κ2) is 4.30. The predicted molar refractivity (Wildman–Crippen MR) is 84.0 cm³/mol. The summed E-state index contributed by atoms with van der Waals surface area (Å²) in [7, 11) is 0. The van der Waals surface area contributed by atoms with Crippen molar-refractivity contribution in [1.82, 2.24) is 14.6 Å². The highest BCUT2D eigenvalue weighted by Gasteiger charge is 2.48. The fourth-order valence-electron chi connectivity index (χ4n) is 3.29. The van der Waals surface area contributed by atoms with Crippen LogP contribution in [0, 0.1) is 6.92 Å². The van der Waals surface area contributed by atoms with Crippen molar-refractivity contribution >= 4 is 11.5 Å². The fourth-order valence-corrected chi connectivity index (χ4v) is 3.29. The number of hydrogen-bond donors (Lipinski definition) is 0. The molecule has 5 heteroatoms. The maximum atomic E-state index is 5.47. The largest absolute Gasteiger partial charge is 0.372 e. The third-order valence-corrected chi connectivity index (χ3v) is 4.72. The smallest absolute Gasteiger partial charge is 0.154 e. The van der Waals surface area contributed by atoms with E-state index in [-0.39, 0.29) is 0 Å². The van der Waals surface area contributed by atoms with E-state index in [0.717, 1.165) is 41.6 Å². The van der Waals surface area contributed by atoms with E-state index in [1.54, 1.807) is 0 Å². The van der Waals surface area contributed by atoms with Crippen LogP contribution in [0.2, 0.25) is 0 Å². The molecule has 2 atom stereocenters. The highest BCUT2D eigenvalue weighted by atomic mass is 16.5. The van der Waals surface area contributed by atoms with Gasteiger partial charge >= 0.3 is 0 Å². The molecule has 2 saturated heterocycles. The molecule has 22 heavy (non-hydrogen) atoms. The van der Waals surface area contributed by atoms with Crippen molar-refractivity contribution in [2.75, 3.05) is 18.1 Å². The standard InChI is InChI=1S/C17H16N4O/c1-11-17(12-5-3-2-4-6-12)18-15-7-8-16(19-21(11)15)20-9-14-13(20)10-22-14/h2-8,13-14H,9-10H2,1H3/t13-,14?/m0/s1. The molecule has 110 valence electrons. The first-order chi connectivity index (χ1) is 10.8. The summed E-state index contributed by atoms with van der Waals surface area (Å²) in [4.78, 5) is 7.05. The SMILES string of the molecule is Cc1c(-c2ccccc2)nc2ccc(N3CC4OC[C@@H]43)nn12. The second-order valence-electron chi connectivity index (χ2n) is 5.96. The van der Waals surface area contributed by atoms with E-state index in [0.29, 0.717) is 12.1 Å². The maximum Gasteiger partial charge on any atom is 0.154 e. The van der Waals surface area contributed by atoms with Crippen molar-refractivity contribution in [3.8, 4) is 11.3 Å². The Kier molecular flexibility index (Phi) is 2.38. The van der Waals surface area contributed by atoms with Gasteiger partial charge in [0.2, 0.25) is 0 Å². The summed E-state index contributed by atoms with van der Waals surface area (Å²) in [5.74, 6) is 1.01. The van der Waals surface area contributed by atoms with E-state index in [1.807, 2.05) is 22.7 Å². The van der Waals surface area contributed by atoms with Crippen molar-refractivity contribution < 1.29 is 4.74 Å². The van der Waals surface area contributed by atoms with Gasteiger partial charge < -0.3 is 9.64 Å². The van der Waals surface area contributed by atoms with Gasteiger partial charge in [0.15, 0.2) is 5.65 Å². The molecule has 5 nitrogen and oxygen atoms in total. The number of anilines is 1. The van der Waals surface area contributed by atoms with E-state index in [4.69, 9.17) is 14.8 Å². The van der Waals surface area contributed by atoms with Gasteiger partial charge in [-0.3, -0.25) is 0 Å². The zero-order chi connectivity index (χ0) is 14.7. The molecule has 3 aromatic rings. The monoisotopic (exact) mass is 292 g/mol. The third-order valence-electron chi connectivity index (χ3n) is 4.72. The predicted octanol–water partition coefficient (Wildman–Crippen LogP) is 2.29. The average molecular weight is 292 g/mol. The minimum atomic E-state index is 0.418. The number of imidazole rings is 1. The molecule has 1 unspecified atom stereocenters. The molecule has 2 aromatic heterocycles. The number of nitrogens with zero attached hydrogens (tertiary/aromatic N) is 4. The van der Waals surface area contributed by atoms with Gasteiger partial charge in [0.05, 0.1) is 30.1 Å². The Bertz CT molecular complexity index is 858. The van der Waals surface area contributed by atoms with Crippen LogP contribution in [0.25, 0.3) is 16.9 Å². The van der Waals surface area contributed by atoms with Crippen LogP contribution >= 0.6 is 0 Å². The number of hydrogen-bond acceptors (Lipinski definition) is 4. The Hall–Kier alpha value is -2.40. The van der Waals surface area contributed by atoms with Crippen molar-refractivity contribution in [1.29, 1.82) is 0 Å². The Balaban J connectivity index is 1.59. The summed E-state index contributed by atoms with van der Waals surface area (Å²) in [5, 5.41) is 4.79. The van der Waals surface area contributed by atoms with Crippen LogP contribution in [0.15, 0.2) is 42.5 Å². The Labute approximate surface area is 128 Å². The molecule has 2 aliphatic rings. The summed E-state index contributed by atoms with van der Waals surface area (Å²) >= 11 is 0. The topological polar surface area (TPSA) is 42.7 Å². The molecule has 1 aromatic carbocycles. The molecule has 0 spiro atoms. The van der Waals surface area contributed by atoms with Crippen LogP contribution in [0.4, 0.5) is 5.82 Å². The molecule has 0 aliphatic carbocycles. The van der Waals surface area contributed by atoms with E-state index < -0.39 is 0 Å². The van der Waals surface area contributed by atoms with Crippen LogP contribution in [0.3, 0.4) is 0 Å². The van der Waals surface area contributed by atoms with Crippen LogP contribution in [-0.2, 0) is 4.74 Å². The van der Waals surface area contributed by atoms with Crippen molar-refractivity contribution in [2.24, 2.45) is 0 Å². The van der Waals surface area contributed by atoms with Crippen LogP contribution in [0.5, 0.6) is 0 Å². The minimum absolute atomic E-state index is 0.418. The van der Waals surface area contributed by atoms with E-state index in [1.165, 1.54) is 0 Å². The average Bonchev–Trinajstić information content (AvgIpc) is 2.87. The van der Waals surface area contributed by atoms with E-state index >= 15 is 0 Å². The summed E-state index contributed by atoms with van der Waals surface area (Å²) in [6, 6.07) is 14.9. The molecular weight excluding hydrogens is 276 g/mol. The number of aromatic nitrogens is 3. The molecule has 0 bridgehead atoms. The van der Waals surface area contributed by atoms with Gasteiger partial charge in [0.1, 0.15) is 5.82 Å². The normalized spacial score (nSPS) is 23.0. The lowest BCUT2D eigenvalue weighted by Gasteiger charge is -2.55. The number of aryl methyl sites for hydroxylation is 1. The quantitative estimate of drug-likeness (QED) is 0.727. The van der Waals surface area contributed by atoms with Gasteiger partial charge in [-0.2, -0.15) is 0 Å². The van der Waals surface area contributed by atoms with Gasteiger partial charge in [-0.15, -0.1) is 5.10 Å². The lowest BCUT2D eigenvalue weighted by Crippen LogP contribution is -2.71. The molecule has 0 radical (unpaired) electrons. The second-order valence-corrected chi connectivity index (χ2v) is 5.96. The lowest BCUT2D eigenvalue weighted by molar-refractivity contribution is -0.113. The van der Waals surface area contributed by atoms with Gasteiger partial charge in [-0.25, -0.2) is 9.50 Å². The van der Waals surface area contributed by atoms with E-state index in [2.05, 4.69) is 36.1 Å². The minimum Gasteiger partial charge on any atom is -0.372 e. The summed E-state index contributed by atoms with van der Waals surface area (Å²) < 4.78 is 7.41. The van der Waals surface area contributed by atoms with Gasteiger partial charge in [-0.1, -0.05) is 30.3 Å². The third kappa shape index (κ3) is 1.57. The summed E-state index contributed by atoms with van der Waals surface area (Å²) in [5.41, 5.74) is 4.09. The molecule has 0 amide bonds. The van der Waals surface area contributed by atoms with Crippen LogP contribution < -0.4 is 4.90 Å². The summed E-state index contributed by atoms with van der Waals surface area (Å²) in [6.45, 7) is 3.84.